The normalized spacial score (nSPS) is 0.500. The third-order valence-electron chi connectivity index (χ3n) is 0. The van der Waals surface area contributed by atoms with Gasteiger partial charge in [-0.2, -0.15) is 0 Å². The minimum absolute atomic E-state index is 0. The molecule has 0 atom stereocenters. The molecule has 4 heavy (non-hydrogen) atoms. The van der Waals surface area contributed by atoms with Crippen molar-refractivity contribution in [3.8, 4) is 6.57 Å². The first-order chi connectivity index (χ1) is 1.00. The molecule has 20 valence electrons. The van der Waals surface area contributed by atoms with Crippen molar-refractivity contribution in [3.63, 3.8) is 0 Å². The molecule has 0 radical (unpaired) electrons. The Morgan fingerprint density at radius 3 is 1.50 bits per heavy atom. The van der Waals surface area contributed by atoms with Crippen molar-refractivity contribution in [3.05, 3.63) is 0 Å². The van der Waals surface area contributed by atoms with Crippen molar-refractivity contribution in [1.29, 1.82) is 5.26 Å². The zero-order valence-electron chi connectivity index (χ0n) is 3.43. The van der Waals surface area contributed by atoms with Gasteiger partial charge in [0.05, 0.1) is 0 Å². The van der Waals surface area contributed by atoms with E-state index in [2.05, 4.69) is 6.57 Å². The standard InChI is InChI=1S/CHN.ClH.Li.H/c1-2;;;/h1H;1H;;/q;;+1;-1. The molecule has 3 heteroatoms. The van der Waals surface area contributed by atoms with Crippen LogP contribution < -0.4 is 18.9 Å². The summed E-state index contributed by atoms with van der Waals surface area (Å²) in [6, 6.07) is 0. The fourth-order valence-corrected chi connectivity index (χ4v) is 0. The van der Waals surface area contributed by atoms with E-state index in [1.54, 1.807) is 0 Å². The van der Waals surface area contributed by atoms with Crippen LogP contribution in [-0.4, -0.2) is 0 Å². The maximum Gasteiger partial charge on any atom is 1.00 e. The largest absolute Gasteiger partial charge is 1.00 e. The van der Waals surface area contributed by atoms with Crippen molar-refractivity contribution in [2.45, 2.75) is 0 Å². The minimum atomic E-state index is 0. The molecule has 1 nitrogen and oxygen atoms in total. The maximum absolute atomic E-state index is 6.50. The summed E-state index contributed by atoms with van der Waals surface area (Å²) < 4.78 is 0. The molecule has 0 aliphatic heterocycles. The number of nitrogens with zero attached hydrogens (tertiary/aromatic N) is 1. The van der Waals surface area contributed by atoms with Crippen LogP contribution >= 0.6 is 12.4 Å². The van der Waals surface area contributed by atoms with Crippen LogP contribution in [0.25, 0.3) is 0 Å². The first kappa shape index (κ1) is 26.3. The summed E-state index contributed by atoms with van der Waals surface area (Å²) in [7, 11) is 0. The Hall–Kier alpha value is 0.377. The number of hydrogen-bond acceptors (Lipinski definition) is 1. The summed E-state index contributed by atoms with van der Waals surface area (Å²) in [5.74, 6) is 0. The molecule has 0 bridgehead atoms. The van der Waals surface area contributed by atoms with Crippen LogP contribution in [0.2, 0.25) is 0 Å². The first-order valence-corrected chi connectivity index (χ1v) is 0.258. The zero-order chi connectivity index (χ0) is 2.00. The molecule has 0 aromatic heterocycles. The summed E-state index contributed by atoms with van der Waals surface area (Å²) in [4.78, 5) is 0. The summed E-state index contributed by atoms with van der Waals surface area (Å²) in [5, 5.41) is 6.50. The molecule has 0 amide bonds. The van der Waals surface area contributed by atoms with Crippen LogP contribution in [0.5, 0.6) is 0 Å². The zero-order valence-corrected chi connectivity index (χ0v) is 3.25. The van der Waals surface area contributed by atoms with E-state index in [-0.39, 0.29) is 32.7 Å². The Morgan fingerprint density at radius 2 is 1.50 bits per heavy atom. The van der Waals surface area contributed by atoms with Crippen molar-refractivity contribution in [2.75, 3.05) is 0 Å². The van der Waals surface area contributed by atoms with Gasteiger partial charge in [-0.05, 0) is 0 Å². The molecule has 0 fully saturated rings. The number of halogens is 1. The van der Waals surface area contributed by atoms with Crippen LogP contribution in [0.3, 0.4) is 0 Å². The molecule has 0 rings (SSSR count). The minimum Gasteiger partial charge on any atom is -1.00 e. The Balaban J connectivity index is -0.00000000167. The van der Waals surface area contributed by atoms with E-state index in [4.69, 9.17) is 5.26 Å². The van der Waals surface area contributed by atoms with Crippen LogP contribution in [0.1, 0.15) is 1.43 Å². The smallest absolute Gasteiger partial charge is 1.00 e. The Bertz CT molecular complexity index is 16.4. The Morgan fingerprint density at radius 1 is 1.50 bits per heavy atom. The third-order valence-corrected chi connectivity index (χ3v) is 0. The number of rotatable bonds is 0. The van der Waals surface area contributed by atoms with Gasteiger partial charge in [0.15, 0.2) is 0 Å². The van der Waals surface area contributed by atoms with Crippen LogP contribution in [0.4, 0.5) is 0 Å². The van der Waals surface area contributed by atoms with Gasteiger partial charge in [-0.25, -0.2) is 5.26 Å². The quantitative estimate of drug-likeness (QED) is 0.294. The molecule has 0 aliphatic rings. The third kappa shape index (κ3) is 31.7. The van der Waals surface area contributed by atoms with E-state index in [0.717, 1.165) is 0 Å². The molecule has 0 aromatic carbocycles. The van der Waals surface area contributed by atoms with E-state index < -0.39 is 0 Å². The molecule has 0 aliphatic carbocycles. The molecule has 0 unspecified atom stereocenters. The predicted octanol–water partition coefficient (Wildman–Crippen LogP) is -2.32. The molecular formula is CH3ClLiN. The van der Waals surface area contributed by atoms with Gasteiger partial charge >= 0.3 is 18.9 Å². The van der Waals surface area contributed by atoms with Crippen LogP contribution in [0.15, 0.2) is 0 Å². The number of nitriles is 1. The van der Waals surface area contributed by atoms with Crippen molar-refractivity contribution in [2.24, 2.45) is 0 Å². The Labute approximate surface area is 45.1 Å². The van der Waals surface area contributed by atoms with Gasteiger partial charge < -0.3 is 1.43 Å². The van der Waals surface area contributed by atoms with Crippen molar-refractivity contribution in [1.82, 2.24) is 0 Å². The second-order valence-corrected chi connectivity index (χ2v) is 0. The Kier molecular flexibility index (Phi) is 882. The SMILES string of the molecule is C#N.Cl.[H-].[Li+]. The fraction of sp³-hybridized carbons (Fsp3) is 0. The molecule has 0 saturated heterocycles. The summed E-state index contributed by atoms with van der Waals surface area (Å²) in [6.07, 6.45) is 0. The van der Waals surface area contributed by atoms with E-state index >= 15 is 0 Å². The van der Waals surface area contributed by atoms with E-state index in [9.17, 15) is 0 Å². The number of hydrogen-bond donors (Lipinski definition) is 0. The first-order valence-electron chi connectivity index (χ1n) is 0.258. The van der Waals surface area contributed by atoms with Crippen molar-refractivity contribution < 1.29 is 20.3 Å². The van der Waals surface area contributed by atoms with Crippen molar-refractivity contribution >= 4 is 12.4 Å². The van der Waals surface area contributed by atoms with Gasteiger partial charge in [0.2, 0.25) is 0 Å². The summed E-state index contributed by atoms with van der Waals surface area (Å²) in [6.45, 7) is 3.50. The second kappa shape index (κ2) is 134. The molecule has 0 saturated carbocycles. The second-order valence-electron chi connectivity index (χ2n) is 0. The van der Waals surface area contributed by atoms with Gasteiger partial charge in [-0.1, -0.05) is 0 Å². The molecule has 0 spiro atoms. The summed E-state index contributed by atoms with van der Waals surface area (Å²) in [5.41, 5.74) is 0. The average molecular weight is 71.4 g/mol. The van der Waals surface area contributed by atoms with Gasteiger partial charge in [-0.3, -0.25) is 0 Å². The van der Waals surface area contributed by atoms with E-state index in [1.807, 2.05) is 0 Å². The predicted molar refractivity (Wildman–Crippen MR) is 15.0 cm³/mol. The van der Waals surface area contributed by atoms with E-state index in [1.165, 1.54) is 0 Å². The van der Waals surface area contributed by atoms with Gasteiger partial charge in [0.1, 0.15) is 0 Å². The molecule has 0 aromatic rings. The monoisotopic (exact) mass is 71.0 g/mol. The van der Waals surface area contributed by atoms with Crippen LogP contribution in [-0.2, 0) is 0 Å². The average Bonchev–Trinajstić information content (AvgIpc) is 1.00. The molecule has 0 N–H and O–H groups in total. The molecule has 0 heterocycles. The van der Waals surface area contributed by atoms with E-state index in [0.29, 0.717) is 0 Å². The summed E-state index contributed by atoms with van der Waals surface area (Å²) >= 11 is 0. The van der Waals surface area contributed by atoms with Gasteiger partial charge in [0.25, 0.3) is 0 Å². The maximum atomic E-state index is 6.50. The van der Waals surface area contributed by atoms with Gasteiger partial charge in [0, 0.05) is 6.57 Å². The van der Waals surface area contributed by atoms with Crippen LogP contribution in [0, 0.1) is 11.8 Å². The van der Waals surface area contributed by atoms with Gasteiger partial charge in [-0.15, -0.1) is 12.4 Å². The topological polar surface area (TPSA) is 23.8 Å². The fourth-order valence-electron chi connectivity index (χ4n) is 0. The molecular weight excluding hydrogens is 68.4 g/mol.